The number of hydrogen-bond donors (Lipinski definition) is 0. The quantitative estimate of drug-likeness (QED) is 0.377. The summed E-state index contributed by atoms with van der Waals surface area (Å²) in [5.74, 6) is 0.281. The Bertz CT molecular complexity index is 234. The van der Waals surface area contributed by atoms with Crippen LogP contribution in [-0.2, 0) is 9.53 Å². The van der Waals surface area contributed by atoms with Crippen LogP contribution in [0.15, 0.2) is 36.1 Å². The van der Waals surface area contributed by atoms with Crippen LogP contribution in [-0.4, -0.2) is 5.97 Å². The van der Waals surface area contributed by atoms with Gasteiger partial charge in [0.25, 0.3) is 0 Å². The Hall–Kier alpha value is -1.31. The lowest BCUT2D eigenvalue weighted by molar-refractivity contribution is -0.136. The SMILES string of the molecule is C\C=C/C=C(\C=C/CC)OC(C)=O. The molecule has 0 atom stereocenters. The van der Waals surface area contributed by atoms with Crippen LogP contribution in [0.5, 0.6) is 0 Å². The van der Waals surface area contributed by atoms with E-state index in [1.54, 1.807) is 12.2 Å². The summed E-state index contributed by atoms with van der Waals surface area (Å²) in [6.45, 7) is 5.33. The van der Waals surface area contributed by atoms with Crippen LogP contribution in [0.2, 0.25) is 0 Å². The molecule has 0 aliphatic carbocycles. The average Bonchev–Trinajstić information content (AvgIpc) is 2.09. The number of carbonyl (C=O) groups excluding carboxylic acids is 1. The Morgan fingerprint density at radius 3 is 2.62 bits per heavy atom. The predicted octanol–water partition coefficient (Wildman–Crippen LogP) is 2.98. The number of esters is 1. The van der Waals surface area contributed by atoms with Crippen molar-refractivity contribution in [2.24, 2.45) is 0 Å². The second-order valence-electron chi connectivity index (χ2n) is 2.50. The summed E-state index contributed by atoms with van der Waals surface area (Å²) in [5, 5.41) is 0. The maximum absolute atomic E-state index is 10.7. The van der Waals surface area contributed by atoms with Crippen molar-refractivity contribution in [2.45, 2.75) is 27.2 Å². The van der Waals surface area contributed by atoms with Crippen molar-refractivity contribution in [3.63, 3.8) is 0 Å². The van der Waals surface area contributed by atoms with Crippen molar-refractivity contribution in [1.82, 2.24) is 0 Å². The Labute approximate surface area is 79.6 Å². The molecule has 0 aliphatic rings. The predicted molar refractivity (Wildman–Crippen MR) is 54.1 cm³/mol. The summed E-state index contributed by atoms with van der Waals surface area (Å²) in [6, 6.07) is 0. The highest BCUT2D eigenvalue weighted by Gasteiger charge is 1.95. The molecule has 0 aliphatic heterocycles. The van der Waals surface area contributed by atoms with Crippen LogP contribution in [0.3, 0.4) is 0 Å². The smallest absolute Gasteiger partial charge is 0.308 e. The molecule has 2 heteroatoms. The van der Waals surface area contributed by atoms with Gasteiger partial charge in [0, 0.05) is 6.92 Å². The van der Waals surface area contributed by atoms with Gasteiger partial charge in [-0.05, 0) is 25.5 Å². The van der Waals surface area contributed by atoms with Crippen LogP contribution < -0.4 is 0 Å². The first-order valence-corrected chi connectivity index (χ1v) is 4.38. The fourth-order valence-corrected chi connectivity index (χ4v) is 0.715. The van der Waals surface area contributed by atoms with Gasteiger partial charge in [-0.15, -0.1) is 0 Å². The van der Waals surface area contributed by atoms with E-state index in [1.165, 1.54) is 6.92 Å². The lowest BCUT2D eigenvalue weighted by Gasteiger charge is -1.99. The van der Waals surface area contributed by atoms with E-state index in [-0.39, 0.29) is 5.97 Å². The lowest BCUT2D eigenvalue weighted by atomic mass is 10.3. The molecule has 0 rings (SSSR count). The second kappa shape index (κ2) is 7.35. The summed E-state index contributed by atoms with van der Waals surface area (Å²) in [7, 11) is 0. The standard InChI is InChI=1S/C11H16O2/c1-4-6-8-11(9-7-5-2)13-10(3)12/h4,6-9H,5H2,1-3H3/b6-4-,9-7-,11-8+. The molecular formula is C11H16O2. The molecule has 0 radical (unpaired) electrons. The summed E-state index contributed by atoms with van der Waals surface area (Å²) >= 11 is 0. The molecule has 0 N–H and O–H groups in total. The lowest BCUT2D eigenvalue weighted by Crippen LogP contribution is -1.96. The first-order valence-electron chi connectivity index (χ1n) is 4.38. The van der Waals surface area contributed by atoms with Crippen molar-refractivity contribution in [3.05, 3.63) is 36.1 Å². The molecule has 0 aromatic heterocycles. The van der Waals surface area contributed by atoms with E-state index in [0.29, 0.717) is 5.76 Å². The van der Waals surface area contributed by atoms with E-state index in [4.69, 9.17) is 4.74 Å². The Kier molecular flexibility index (Phi) is 6.60. The number of carbonyl (C=O) groups is 1. The van der Waals surface area contributed by atoms with Crippen LogP contribution in [0, 0.1) is 0 Å². The molecule has 0 amide bonds. The third-order valence-corrected chi connectivity index (χ3v) is 1.23. The summed E-state index contributed by atoms with van der Waals surface area (Å²) in [5.41, 5.74) is 0. The van der Waals surface area contributed by atoms with E-state index < -0.39 is 0 Å². The minimum absolute atomic E-state index is 0.295. The highest BCUT2D eigenvalue weighted by molar-refractivity contribution is 5.67. The highest BCUT2D eigenvalue weighted by Crippen LogP contribution is 2.01. The highest BCUT2D eigenvalue weighted by atomic mass is 16.5. The van der Waals surface area contributed by atoms with Gasteiger partial charge in [-0.2, -0.15) is 0 Å². The van der Waals surface area contributed by atoms with Crippen molar-refractivity contribution in [3.8, 4) is 0 Å². The maximum Gasteiger partial charge on any atom is 0.308 e. The zero-order valence-electron chi connectivity index (χ0n) is 8.41. The third-order valence-electron chi connectivity index (χ3n) is 1.23. The first-order chi connectivity index (χ1) is 6.20. The average molecular weight is 180 g/mol. The minimum Gasteiger partial charge on any atom is -0.427 e. The minimum atomic E-state index is -0.295. The maximum atomic E-state index is 10.7. The molecule has 0 spiro atoms. The van der Waals surface area contributed by atoms with Gasteiger partial charge in [0.2, 0.25) is 0 Å². The number of hydrogen-bond acceptors (Lipinski definition) is 2. The van der Waals surface area contributed by atoms with Gasteiger partial charge in [-0.3, -0.25) is 4.79 Å². The molecule has 72 valence electrons. The zero-order valence-corrected chi connectivity index (χ0v) is 8.41. The van der Waals surface area contributed by atoms with Crippen LogP contribution in [0.4, 0.5) is 0 Å². The van der Waals surface area contributed by atoms with Crippen molar-refractivity contribution in [1.29, 1.82) is 0 Å². The van der Waals surface area contributed by atoms with Gasteiger partial charge in [0.05, 0.1) is 0 Å². The largest absolute Gasteiger partial charge is 0.427 e. The van der Waals surface area contributed by atoms with E-state index in [9.17, 15) is 4.79 Å². The summed E-state index contributed by atoms with van der Waals surface area (Å²) in [6.07, 6.45) is 10.1. The Morgan fingerprint density at radius 1 is 1.46 bits per heavy atom. The molecule has 0 heterocycles. The number of rotatable bonds is 4. The topological polar surface area (TPSA) is 26.3 Å². The van der Waals surface area contributed by atoms with Gasteiger partial charge in [-0.1, -0.05) is 25.2 Å². The van der Waals surface area contributed by atoms with E-state index in [0.717, 1.165) is 6.42 Å². The summed E-state index contributed by atoms with van der Waals surface area (Å²) < 4.78 is 4.94. The molecule has 2 nitrogen and oxygen atoms in total. The molecule has 13 heavy (non-hydrogen) atoms. The molecule has 0 bridgehead atoms. The molecular weight excluding hydrogens is 164 g/mol. The monoisotopic (exact) mass is 180 g/mol. The van der Waals surface area contributed by atoms with Gasteiger partial charge >= 0.3 is 5.97 Å². The normalized spacial score (nSPS) is 12.7. The Morgan fingerprint density at radius 2 is 2.15 bits per heavy atom. The van der Waals surface area contributed by atoms with Gasteiger partial charge in [0.15, 0.2) is 0 Å². The van der Waals surface area contributed by atoms with Gasteiger partial charge in [-0.25, -0.2) is 0 Å². The van der Waals surface area contributed by atoms with Crippen LogP contribution >= 0.6 is 0 Å². The summed E-state index contributed by atoms with van der Waals surface area (Å²) in [4.78, 5) is 10.7. The zero-order chi connectivity index (χ0) is 10.1. The van der Waals surface area contributed by atoms with Crippen molar-refractivity contribution < 1.29 is 9.53 Å². The molecule has 0 aromatic carbocycles. The van der Waals surface area contributed by atoms with E-state index >= 15 is 0 Å². The van der Waals surface area contributed by atoms with Crippen molar-refractivity contribution >= 4 is 5.97 Å². The van der Waals surface area contributed by atoms with Gasteiger partial charge < -0.3 is 4.74 Å². The molecule has 0 aromatic rings. The van der Waals surface area contributed by atoms with Crippen molar-refractivity contribution in [2.75, 3.05) is 0 Å². The van der Waals surface area contributed by atoms with E-state index in [2.05, 4.69) is 0 Å². The van der Waals surface area contributed by atoms with Crippen LogP contribution in [0.1, 0.15) is 27.2 Å². The van der Waals surface area contributed by atoms with Gasteiger partial charge in [0.1, 0.15) is 5.76 Å². The molecule has 0 saturated carbocycles. The second-order valence-corrected chi connectivity index (χ2v) is 2.50. The van der Waals surface area contributed by atoms with E-state index in [1.807, 2.05) is 32.1 Å². The fourth-order valence-electron chi connectivity index (χ4n) is 0.715. The number of ether oxygens (including phenoxy) is 1. The molecule has 0 fully saturated rings. The fraction of sp³-hybridized carbons (Fsp3) is 0.364. The molecule has 0 saturated heterocycles. The molecule has 0 unspecified atom stereocenters. The number of allylic oxidation sites excluding steroid dienone is 5. The van der Waals surface area contributed by atoms with Crippen LogP contribution in [0.25, 0.3) is 0 Å². The first kappa shape index (κ1) is 11.7. The Balaban J connectivity index is 4.35. The third kappa shape index (κ3) is 7.06.